The Kier molecular flexibility index (Phi) is 5.19. The number of hydrogen-bond donors (Lipinski definition) is 1. The summed E-state index contributed by atoms with van der Waals surface area (Å²) in [5.74, 6) is -0.364. The molecule has 1 atom stereocenters. The van der Waals surface area contributed by atoms with Crippen molar-refractivity contribution in [2.75, 3.05) is 7.05 Å². The zero-order chi connectivity index (χ0) is 13.8. The quantitative estimate of drug-likeness (QED) is 0.754. The smallest absolute Gasteiger partial charge is 0.142 e. The van der Waals surface area contributed by atoms with Crippen LogP contribution >= 0.6 is 34.2 Å². The van der Waals surface area contributed by atoms with Crippen LogP contribution in [0.2, 0.25) is 5.02 Å². The molecular weight excluding hydrogens is 376 g/mol. The number of hydrogen-bond acceptors (Lipinski definition) is 1. The summed E-state index contributed by atoms with van der Waals surface area (Å²) in [5.41, 5.74) is 2.12. The van der Waals surface area contributed by atoms with E-state index in [9.17, 15) is 4.39 Å². The Morgan fingerprint density at radius 2 is 1.89 bits per heavy atom. The van der Waals surface area contributed by atoms with Gasteiger partial charge < -0.3 is 5.32 Å². The summed E-state index contributed by atoms with van der Waals surface area (Å²) in [7, 11) is 1.91. The lowest BCUT2D eigenvalue weighted by Crippen LogP contribution is -2.18. The number of nitrogens with one attached hydrogen (secondary N) is 1. The Morgan fingerprint density at radius 3 is 2.47 bits per heavy atom. The first-order valence-electron chi connectivity index (χ1n) is 5.97. The molecule has 0 heterocycles. The molecule has 2 aromatic rings. The third-order valence-corrected chi connectivity index (χ3v) is 4.07. The van der Waals surface area contributed by atoms with Crippen LogP contribution in [-0.2, 0) is 6.42 Å². The Balaban J connectivity index is 2.18. The summed E-state index contributed by atoms with van der Waals surface area (Å²) in [6.07, 6.45) is 0.727. The molecule has 100 valence electrons. The van der Waals surface area contributed by atoms with E-state index in [1.807, 2.05) is 13.1 Å². The van der Waals surface area contributed by atoms with Crippen molar-refractivity contribution < 1.29 is 4.39 Å². The maximum Gasteiger partial charge on any atom is 0.142 e. The molecule has 0 fully saturated rings. The van der Waals surface area contributed by atoms with E-state index in [4.69, 9.17) is 11.6 Å². The summed E-state index contributed by atoms with van der Waals surface area (Å²) in [6.45, 7) is 0. The molecule has 0 aliphatic heterocycles. The van der Waals surface area contributed by atoms with Gasteiger partial charge in [-0.1, -0.05) is 29.8 Å². The molecule has 1 N–H and O–H groups in total. The maximum absolute atomic E-state index is 13.4. The zero-order valence-electron chi connectivity index (χ0n) is 10.5. The van der Waals surface area contributed by atoms with Crippen LogP contribution in [0, 0.1) is 9.39 Å². The van der Waals surface area contributed by atoms with Crippen LogP contribution in [0.3, 0.4) is 0 Å². The first-order chi connectivity index (χ1) is 9.10. The summed E-state index contributed by atoms with van der Waals surface area (Å²) >= 11 is 7.97. The molecule has 1 nitrogen and oxygen atoms in total. The topological polar surface area (TPSA) is 12.0 Å². The van der Waals surface area contributed by atoms with Crippen LogP contribution in [0.1, 0.15) is 17.2 Å². The minimum Gasteiger partial charge on any atom is -0.313 e. The van der Waals surface area contributed by atoms with Crippen molar-refractivity contribution in [3.8, 4) is 0 Å². The van der Waals surface area contributed by atoms with Gasteiger partial charge in [-0.25, -0.2) is 4.39 Å². The minimum atomic E-state index is -0.364. The van der Waals surface area contributed by atoms with Gasteiger partial charge in [0, 0.05) is 9.61 Å². The Labute approximate surface area is 131 Å². The van der Waals surface area contributed by atoms with Crippen molar-refractivity contribution in [3.63, 3.8) is 0 Å². The third-order valence-electron chi connectivity index (χ3n) is 3.04. The Hall–Kier alpha value is -0.650. The van der Waals surface area contributed by atoms with Gasteiger partial charge in [-0.2, -0.15) is 0 Å². The van der Waals surface area contributed by atoms with E-state index < -0.39 is 0 Å². The summed E-state index contributed by atoms with van der Waals surface area (Å²) in [5, 5.41) is 3.43. The number of rotatable bonds is 4. The Morgan fingerprint density at radius 1 is 1.21 bits per heavy atom. The molecule has 0 saturated heterocycles. The lowest BCUT2D eigenvalue weighted by atomic mass is 9.99. The first kappa shape index (κ1) is 14.8. The van der Waals surface area contributed by atoms with Crippen LogP contribution < -0.4 is 5.32 Å². The molecular formula is C15H14ClFIN. The van der Waals surface area contributed by atoms with Crippen molar-refractivity contribution in [1.29, 1.82) is 0 Å². The fourth-order valence-corrected chi connectivity index (χ4v) is 2.46. The highest BCUT2D eigenvalue weighted by atomic mass is 127. The van der Waals surface area contributed by atoms with Gasteiger partial charge in [0.25, 0.3) is 0 Å². The molecule has 0 aromatic heterocycles. The molecule has 2 rings (SSSR count). The van der Waals surface area contributed by atoms with Crippen LogP contribution in [0.5, 0.6) is 0 Å². The second-order valence-electron chi connectivity index (χ2n) is 4.35. The standard InChI is InChI=1S/C15H14ClFIN/c1-19-15(11-3-5-12(18)6-4-11)9-10-2-7-13(16)14(17)8-10/h2-8,15,19H,9H2,1H3. The molecule has 0 saturated carbocycles. The van der Waals surface area contributed by atoms with Gasteiger partial charge in [0.2, 0.25) is 0 Å². The van der Waals surface area contributed by atoms with Crippen LogP contribution in [-0.4, -0.2) is 7.05 Å². The molecule has 2 aromatic carbocycles. The summed E-state index contributed by atoms with van der Waals surface area (Å²) < 4.78 is 14.6. The van der Waals surface area contributed by atoms with E-state index in [0.717, 1.165) is 12.0 Å². The van der Waals surface area contributed by atoms with E-state index in [0.29, 0.717) is 0 Å². The molecule has 4 heteroatoms. The van der Waals surface area contributed by atoms with Gasteiger partial charge >= 0.3 is 0 Å². The largest absolute Gasteiger partial charge is 0.313 e. The molecule has 0 bridgehead atoms. The lowest BCUT2D eigenvalue weighted by molar-refractivity contribution is 0.584. The van der Waals surface area contributed by atoms with Crippen molar-refractivity contribution >= 4 is 34.2 Å². The van der Waals surface area contributed by atoms with Crippen molar-refractivity contribution in [2.45, 2.75) is 12.5 Å². The molecule has 0 spiro atoms. The van der Waals surface area contributed by atoms with E-state index >= 15 is 0 Å². The fraction of sp³-hybridized carbons (Fsp3) is 0.200. The fourth-order valence-electron chi connectivity index (χ4n) is 1.98. The number of halogens is 3. The van der Waals surface area contributed by atoms with Gasteiger partial charge in [0.15, 0.2) is 0 Å². The highest BCUT2D eigenvalue weighted by molar-refractivity contribution is 14.1. The molecule has 1 unspecified atom stereocenters. The van der Waals surface area contributed by atoms with Crippen molar-refractivity contribution in [2.24, 2.45) is 0 Å². The van der Waals surface area contributed by atoms with Crippen molar-refractivity contribution in [1.82, 2.24) is 5.32 Å². The van der Waals surface area contributed by atoms with Crippen molar-refractivity contribution in [3.05, 3.63) is 68.0 Å². The van der Waals surface area contributed by atoms with Gasteiger partial charge in [-0.3, -0.25) is 0 Å². The SMILES string of the molecule is CNC(Cc1ccc(Cl)c(F)c1)c1ccc(I)cc1. The van der Waals surface area contributed by atoms with Crippen LogP contribution in [0.4, 0.5) is 4.39 Å². The molecule has 19 heavy (non-hydrogen) atoms. The van der Waals surface area contributed by atoms with Gasteiger partial charge in [-0.15, -0.1) is 0 Å². The molecule has 0 aliphatic rings. The minimum absolute atomic E-state index is 0.164. The number of likely N-dealkylation sites (N-methyl/N-ethyl adjacent to an activating group) is 1. The highest BCUT2D eigenvalue weighted by Crippen LogP contribution is 2.22. The van der Waals surface area contributed by atoms with E-state index in [2.05, 4.69) is 52.2 Å². The molecule has 0 aliphatic carbocycles. The van der Waals surface area contributed by atoms with E-state index in [1.165, 1.54) is 15.2 Å². The Bertz CT molecular complexity index is 557. The predicted octanol–water partition coefficient (Wildman–Crippen LogP) is 4.59. The molecule has 0 amide bonds. The van der Waals surface area contributed by atoms with Gasteiger partial charge in [0.05, 0.1) is 5.02 Å². The predicted molar refractivity (Wildman–Crippen MR) is 86.1 cm³/mol. The lowest BCUT2D eigenvalue weighted by Gasteiger charge is -2.17. The molecule has 0 radical (unpaired) electrons. The zero-order valence-corrected chi connectivity index (χ0v) is 13.4. The van der Waals surface area contributed by atoms with Crippen LogP contribution in [0.25, 0.3) is 0 Å². The van der Waals surface area contributed by atoms with E-state index in [-0.39, 0.29) is 16.9 Å². The highest BCUT2D eigenvalue weighted by Gasteiger charge is 2.11. The van der Waals surface area contributed by atoms with Gasteiger partial charge in [0.1, 0.15) is 5.82 Å². The monoisotopic (exact) mass is 389 g/mol. The second-order valence-corrected chi connectivity index (χ2v) is 6.00. The second kappa shape index (κ2) is 6.68. The number of benzene rings is 2. The first-order valence-corrected chi connectivity index (χ1v) is 7.42. The van der Waals surface area contributed by atoms with Crippen LogP contribution in [0.15, 0.2) is 42.5 Å². The maximum atomic E-state index is 13.4. The summed E-state index contributed by atoms with van der Waals surface area (Å²) in [4.78, 5) is 0. The third kappa shape index (κ3) is 3.91. The van der Waals surface area contributed by atoms with Gasteiger partial charge in [-0.05, 0) is 71.5 Å². The van der Waals surface area contributed by atoms with E-state index in [1.54, 1.807) is 6.07 Å². The normalized spacial score (nSPS) is 12.4. The average molecular weight is 390 g/mol. The summed E-state index contributed by atoms with van der Waals surface area (Å²) in [6, 6.07) is 13.5. The average Bonchev–Trinajstić information content (AvgIpc) is 2.41.